The number of hydrogen-bond acceptors (Lipinski definition) is 4. The van der Waals surface area contributed by atoms with E-state index in [1.165, 1.54) is 4.90 Å². The van der Waals surface area contributed by atoms with Crippen LogP contribution in [0.4, 0.5) is 4.79 Å². The summed E-state index contributed by atoms with van der Waals surface area (Å²) >= 11 is 9.81. The monoisotopic (exact) mass is 473 g/mol. The molecule has 0 aliphatic carbocycles. The minimum atomic E-state index is -0.427. The summed E-state index contributed by atoms with van der Waals surface area (Å²) in [4.78, 5) is 25.4. The fraction of sp³-hybridized carbons (Fsp3) is 0.190. The van der Waals surface area contributed by atoms with Gasteiger partial charge in [0.05, 0.1) is 21.1 Å². The Kier molecular flexibility index (Phi) is 6.57. The minimum absolute atomic E-state index is 0.184. The van der Waals surface area contributed by atoms with Gasteiger partial charge in [-0.25, -0.2) is 4.79 Å². The third-order valence-electron chi connectivity index (χ3n) is 4.25. The molecular formula is C21H17BrClN3O3. The van der Waals surface area contributed by atoms with E-state index in [1.54, 1.807) is 30.3 Å². The predicted molar refractivity (Wildman–Crippen MR) is 113 cm³/mol. The maximum Gasteiger partial charge on any atom is 0.329 e. The molecule has 0 aromatic heterocycles. The van der Waals surface area contributed by atoms with Crippen LogP contribution >= 0.6 is 27.5 Å². The van der Waals surface area contributed by atoms with Crippen LogP contribution in [0.15, 0.2) is 46.6 Å². The summed E-state index contributed by atoms with van der Waals surface area (Å²) in [7, 11) is 0. The summed E-state index contributed by atoms with van der Waals surface area (Å²) in [5, 5.41) is 12.1. The summed E-state index contributed by atoms with van der Waals surface area (Å²) in [5.41, 5.74) is 2.12. The third-order valence-corrected chi connectivity index (χ3v) is 5.12. The number of benzene rings is 2. The number of halogens is 2. The zero-order valence-corrected chi connectivity index (χ0v) is 17.9. The fourth-order valence-electron chi connectivity index (χ4n) is 2.87. The van der Waals surface area contributed by atoms with Crippen LogP contribution in [0.3, 0.4) is 0 Å². The van der Waals surface area contributed by atoms with Gasteiger partial charge in [0.2, 0.25) is 0 Å². The number of carbonyl (C=O) groups is 2. The Bertz CT molecular complexity index is 1020. The molecule has 1 fully saturated rings. The van der Waals surface area contributed by atoms with Crippen molar-refractivity contribution in [2.45, 2.75) is 20.0 Å². The van der Waals surface area contributed by atoms with Crippen molar-refractivity contribution in [3.8, 4) is 11.8 Å². The standard InChI is InChI=1S/C21H17BrClN3O3/c1-2-7-26-20(27)18(25-21(26)28)10-13-8-16(22)19(17(23)9-13)29-12-15-6-4-3-5-14(15)11-24/h3-6,8-10H,2,7,12H2,1H3,(H,25,28)/b18-10+. The Hall–Kier alpha value is -2.82. The lowest BCUT2D eigenvalue weighted by atomic mass is 10.1. The normalized spacial score (nSPS) is 14.8. The summed E-state index contributed by atoms with van der Waals surface area (Å²) in [5.74, 6) is 0.0634. The third kappa shape index (κ3) is 4.61. The van der Waals surface area contributed by atoms with Gasteiger partial charge in [0.25, 0.3) is 5.91 Å². The molecule has 2 aromatic rings. The van der Waals surface area contributed by atoms with Gasteiger partial charge in [-0.05, 0) is 52.2 Å². The first-order valence-corrected chi connectivity index (χ1v) is 10.1. The smallest absolute Gasteiger partial charge is 0.329 e. The molecule has 0 atom stereocenters. The van der Waals surface area contributed by atoms with Gasteiger partial charge in [-0.2, -0.15) is 5.26 Å². The average Bonchev–Trinajstić information content (AvgIpc) is 2.95. The Labute approximate surface area is 181 Å². The molecule has 1 aliphatic heterocycles. The molecule has 0 saturated carbocycles. The highest BCUT2D eigenvalue weighted by Crippen LogP contribution is 2.36. The molecule has 29 heavy (non-hydrogen) atoms. The second-order valence-electron chi connectivity index (χ2n) is 6.32. The van der Waals surface area contributed by atoms with E-state index in [-0.39, 0.29) is 18.2 Å². The Morgan fingerprint density at radius 2 is 2.07 bits per heavy atom. The number of nitrogens with one attached hydrogen (secondary N) is 1. The van der Waals surface area contributed by atoms with Crippen LogP contribution < -0.4 is 10.1 Å². The molecule has 1 saturated heterocycles. The molecule has 0 spiro atoms. The largest absolute Gasteiger partial charge is 0.486 e. The van der Waals surface area contributed by atoms with Crippen LogP contribution in [0, 0.1) is 11.3 Å². The molecule has 2 aromatic carbocycles. The number of urea groups is 1. The van der Waals surface area contributed by atoms with Crippen LogP contribution in [0.25, 0.3) is 6.08 Å². The molecule has 1 heterocycles. The first-order chi connectivity index (χ1) is 13.9. The van der Waals surface area contributed by atoms with Gasteiger partial charge in [-0.1, -0.05) is 36.7 Å². The highest BCUT2D eigenvalue weighted by atomic mass is 79.9. The SMILES string of the molecule is CCCN1C(=O)N/C(=C/c2cc(Cl)c(OCc3ccccc3C#N)c(Br)c2)C1=O. The summed E-state index contributed by atoms with van der Waals surface area (Å²) in [6.07, 6.45) is 2.26. The van der Waals surface area contributed by atoms with Crippen molar-refractivity contribution in [3.63, 3.8) is 0 Å². The van der Waals surface area contributed by atoms with Crippen LogP contribution in [0.2, 0.25) is 5.02 Å². The van der Waals surface area contributed by atoms with Crippen molar-refractivity contribution in [1.29, 1.82) is 5.26 Å². The van der Waals surface area contributed by atoms with E-state index in [9.17, 15) is 14.9 Å². The van der Waals surface area contributed by atoms with Crippen molar-refractivity contribution < 1.29 is 14.3 Å². The van der Waals surface area contributed by atoms with E-state index < -0.39 is 6.03 Å². The minimum Gasteiger partial charge on any atom is -0.486 e. The Balaban J connectivity index is 1.80. The molecular weight excluding hydrogens is 458 g/mol. The quantitative estimate of drug-likeness (QED) is 0.479. The van der Waals surface area contributed by atoms with E-state index in [2.05, 4.69) is 27.3 Å². The highest BCUT2D eigenvalue weighted by Gasteiger charge is 2.32. The van der Waals surface area contributed by atoms with Crippen LogP contribution in [0.1, 0.15) is 30.0 Å². The van der Waals surface area contributed by atoms with Crippen molar-refractivity contribution in [1.82, 2.24) is 10.2 Å². The summed E-state index contributed by atoms with van der Waals surface area (Å²) in [6.45, 7) is 2.44. The number of nitrogens with zero attached hydrogens (tertiary/aromatic N) is 2. The van der Waals surface area contributed by atoms with E-state index in [4.69, 9.17) is 16.3 Å². The van der Waals surface area contributed by atoms with E-state index >= 15 is 0 Å². The summed E-state index contributed by atoms with van der Waals surface area (Å²) in [6, 6.07) is 12.2. The first-order valence-electron chi connectivity index (χ1n) is 8.89. The molecule has 3 amide bonds. The lowest BCUT2D eigenvalue weighted by Crippen LogP contribution is -2.31. The predicted octanol–water partition coefficient (Wildman–Crippen LogP) is 4.86. The van der Waals surface area contributed by atoms with Crippen molar-refractivity contribution in [2.24, 2.45) is 0 Å². The van der Waals surface area contributed by atoms with Crippen molar-refractivity contribution in [2.75, 3.05) is 6.54 Å². The van der Waals surface area contributed by atoms with E-state index in [1.807, 2.05) is 19.1 Å². The molecule has 8 heteroatoms. The maximum absolute atomic E-state index is 12.3. The Morgan fingerprint density at radius 3 is 2.76 bits per heavy atom. The summed E-state index contributed by atoms with van der Waals surface area (Å²) < 4.78 is 6.40. The number of nitriles is 1. The number of ether oxygens (including phenoxy) is 1. The van der Waals surface area contributed by atoms with E-state index in [0.717, 1.165) is 5.56 Å². The van der Waals surface area contributed by atoms with Gasteiger partial charge in [-0.3, -0.25) is 9.69 Å². The second-order valence-corrected chi connectivity index (χ2v) is 7.58. The maximum atomic E-state index is 12.3. The lowest BCUT2D eigenvalue weighted by molar-refractivity contribution is -0.122. The second kappa shape index (κ2) is 9.12. The zero-order chi connectivity index (χ0) is 21.0. The number of imide groups is 1. The van der Waals surface area contributed by atoms with Crippen LogP contribution in [0.5, 0.6) is 5.75 Å². The van der Waals surface area contributed by atoms with Gasteiger partial charge < -0.3 is 10.1 Å². The molecule has 148 valence electrons. The fourth-order valence-corrected chi connectivity index (χ4v) is 3.86. The molecule has 0 bridgehead atoms. The van der Waals surface area contributed by atoms with Crippen LogP contribution in [-0.4, -0.2) is 23.4 Å². The molecule has 0 radical (unpaired) electrons. The average molecular weight is 475 g/mol. The lowest BCUT2D eigenvalue weighted by Gasteiger charge is -2.12. The van der Waals surface area contributed by atoms with Gasteiger partial charge >= 0.3 is 6.03 Å². The molecule has 6 nitrogen and oxygen atoms in total. The van der Waals surface area contributed by atoms with Gasteiger partial charge in [0.1, 0.15) is 12.3 Å². The zero-order valence-electron chi connectivity index (χ0n) is 15.5. The topological polar surface area (TPSA) is 82.4 Å². The molecule has 1 N–H and O–H groups in total. The Morgan fingerprint density at radius 1 is 1.31 bits per heavy atom. The molecule has 3 rings (SSSR count). The number of carbonyl (C=O) groups excluding carboxylic acids is 2. The van der Waals surface area contributed by atoms with Gasteiger partial charge in [-0.15, -0.1) is 0 Å². The highest BCUT2D eigenvalue weighted by molar-refractivity contribution is 9.10. The van der Waals surface area contributed by atoms with Crippen LogP contribution in [-0.2, 0) is 11.4 Å². The van der Waals surface area contributed by atoms with Gasteiger partial charge in [0.15, 0.2) is 5.75 Å². The number of rotatable bonds is 6. The molecule has 0 unspecified atom stereocenters. The molecule has 1 aliphatic rings. The number of amides is 3. The van der Waals surface area contributed by atoms with Gasteiger partial charge in [0, 0.05) is 12.1 Å². The van der Waals surface area contributed by atoms with Crippen molar-refractivity contribution in [3.05, 3.63) is 68.3 Å². The van der Waals surface area contributed by atoms with Crippen molar-refractivity contribution >= 4 is 45.5 Å². The van der Waals surface area contributed by atoms with E-state index in [0.29, 0.717) is 39.3 Å². The first kappa shape index (κ1) is 20.9. The number of hydrogen-bond donors (Lipinski definition) is 1.